The van der Waals surface area contributed by atoms with E-state index in [0.29, 0.717) is 5.89 Å². The van der Waals surface area contributed by atoms with Crippen molar-refractivity contribution in [3.63, 3.8) is 0 Å². The molecule has 3 aromatic rings. The summed E-state index contributed by atoms with van der Waals surface area (Å²) in [6.07, 6.45) is 5.39. The first-order chi connectivity index (χ1) is 13.1. The van der Waals surface area contributed by atoms with E-state index in [2.05, 4.69) is 65.2 Å². The molecule has 4 rings (SSSR count). The van der Waals surface area contributed by atoms with Crippen LogP contribution in [0.2, 0.25) is 0 Å². The zero-order valence-corrected chi connectivity index (χ0v) is 16.3. The second-order valence-corrected chi connectivity index (χ2v) is 7.41. The molecule has 1 N–H and O–H groups in total. The number of benzene rings is 1. The van der Waals surface area contributed by atoms with E-state index >= 15 is 0 Å². The lowest BCUT2D eigenvalue weighted by Gasteiger charge is -2.29. The molecule has 0 radical (unpaired) electrons. The van der Waals surface area contributed by atoms with Crippen molar-refractivity contribution in [3.8, 4) is 5.75 Å². The molecule has 0 saturated carbocycles. The topological polar surface area (TPSA) is 67.2 Å². The van der Waals surface area contributed by atoms with Gasteiger partial charge in [-0.1, -0.05) is 25.1 Å². The fraction of sp³-hybridized carbons (Fsp3) is 0.429. The molecule has 6 heteroatoms. The number of rotatable bonds is 5. The van der Waals surface area contributed by atoms with Crippen LogP contribution in [0.4, 0.5) is 0 Å². The third-order valence-corrected chi connectivity index (χ3v) is 5.35. The minimum Gasteiger partial charge on any atom is -0.497 e. The average Bonchev–Trinajstić information content (AvgIpc) is 3.34. The molecule has 0 unspecified atom stereocenters. The largest absolute Gasteiger partial charge is 0.497 e. The van der Waals surface area contributed by atoms with Gasteiger partial charge in [-0.25, -0.2) is 0 Å². The van der Waals surface area contributed by atoms with E-state index in [1.54, 1.807) is 7.11 Å². The van der Waals surface area contributed by atoms with Gasteiger partial charge in [-0.05, 0) is 37.1 Å². The molecule has 0 aliphatic carbocycles. The molecular weight excluding hydrogens is 340 g/mol. The second kappa shape index (κ2) is 7.19. The number of nitrogens with one attached hydrogen (secondary N) is 1. The summed E-state index contributed by atoms with van der Waals surface area (Å²) in [5.74, 6) is 2.64. The van der Waals surface area contributed by atoms with Gasteiger partial charge >= 0.3 is 0 Å². The predicted molar refractivity (Wildman–Crippen MR) is 106 cm³/mol. The number of nitrogens with zero attached hydrogens (tertiary/aromatic N) is 3. The van der Waals surface area contributed by atoms with Crippen LogP contribution >= 0.6 is 0 Å². The van der Waals surface area contributed by atoms with Gasteiger partial charge in [0.15, 0.2) is 5.82 Å². The van der Waals surface area contributed by atoms with E-state index < -0.39 is 0 Å². The van der Waals surface area contributed by atoms with Crippen LogP contribution in [0.3, 0.4) is 0 Å². The molecule has 0 amide bonds. The summed E-state index contributed by atoms with van der Waals surface area (Å²) in [6, 6.07) is 6.27. The summed E-state index contributed by atoms with van der Waals surface area (Å²) < 4.78 is 10.9. The highest BCUT2D eigenvalue weighted by molar-refractivity contribution is 5.93. The molecule has 0 saturated heterocycles. The first-order valence-corrected chi connectivity index (χ1v) is 9.49. The summed E-state index contributed by atoms with van der Waals surface area (Å²) in [5.41, 5.74) is 3.76. The Morgan fingerprint density at radius 2 is 2.11 bits per heavy atom. The standard InChI is InChI=1S/C21H26N4O2/c1-13(2)20-23-21(27-24-20)14(3)25-9-7-15(8-10-25)18-12-22-19-6-5-16(26-4)11-17(18)19/h5-7,11-14,22H,8-10H2,1-4H3/t14-/m0/s1. The number of hydrogen-bond acceptors (Lipinski definition) is 5. The van der Waals surface area contributed by atoms with Crippen molar-refractivity contribution in [2.24, 2.45) is 0 Å². The Labute approximate surface area is 159 Å². The first kappa shape index (κ1) is 17.8. The van der Waals surface area contributed by atoms with Gasteiger partial charge in [-0.3, -0.25) is 4.90 Å². The number of methoxy groups -OCH3 is 1. The minimum absolute atomic E-state index is 0.117. The Balaban J connectivity index is 1.53. The van der Waals surface area contributed by atoms with Crippen molar-refractivity contribution >= 4 is 16.5 Å². The molecular formula is C21H26N4O2. The van der Waals surface area contributed by atoms with Crippen molar-refractivity contribution in [1.29, 1.82) is 0 Å². The van der Waals surface area contributed by atoms with E-state index in [1.165, 1.54) is 16.5 Å². The highest BCUT2D eigenvalue weighted by atomic mass is 16.5. The Kier molecular flexibility index (Phi) is 4.74. The van der Waals surface area contributed by atoms with Crippen molar-refractivity contribution in [2.45, 2.75) is 39.2 Å². The van der Waals surface area contributed by atoms with Gasteiger partial charge in [-0.2, -0.15) is 4.98 Å². The molecule has 6 nitrogen and oxygen atoms in total. The maximum atomic E-state index is 5.48. The molecule has 0 bridgehead atoms. The highest BCUT2D eigenvalue weighted by Crippen LogP contribution is 2.33. The van der Waals surface area contributed by atoms with Crippen molar-refractivity contribution in [3.05, 3.63) is 47.8 Å². The van der Waals surface area contributed by atoms with E-state index in [9.17, 15) is 0 Å². The smallest absolute Gasteiger partial charge is 0.243 e. The Morgan fingerprint density at radius 1 is 1.26 bits per heavy atom. The molecule has 142 valence electrons. The number of ether oxygens (including phenoxy) is 1. The van der Waals surface area contributed by atoms with E-state index in [4.69, 9.17) is 9.26 Å². The fourth-order valence-corrected chi connectivity index (χ4v) is 3.58. The van der Waals surface area contributed by atoms with Crippen molar-refractivity contribution < 1.29 is 9.26 Å². The predicted octanol–water partition coefficient (Wildman–Crippen LogP) is 4.53. The summed E-state index contributed by atoms with van der Waals surface area (Å²) in [7, 11) is 1.70. The maximum Gasteiger partial charge on any atom is 0.243 e. The molecule has 1 aliphatic rings. The third kappa shape index (κ3) is 3.37. The third-order valence-electron chi connectivity index (χ3n) is 5.35. The monoisotopic (exact) mass is 366 g/mol. The molecule has 1 atom stereocenters. The van der Waals surface area contributed by atoms with Gasteiger partial charge in [-0.15, -0.1) is 0 Å². The van der Waals surface area contributed by atoms with Crippen LogP contribution in [0.15, 0.2) is 35.0 Å². The summed E-state index contributed by atoms with van der Waals surface area (Å²) in [6.45, 7) is 8.11. The second-order valence-electron chi connectivity index (χ2n) is 7.41. The Hall–Kier alpha value is -2.60. The normalized spacial score (nSPS) is 16.7. The van der Waals surface area contributed by atoms with Crippen molar-refractivity contribution in [2.75, 3.05) is 20.2 Å². The molecule has 3 heterocycles. The van der Waals surface area contributed by atoms with Gasteiger partial charge in [0.05, 0.1) is 13.2 Å². The summed E-state index contributed by atoms with van der Waals surface area (Å²) in [4.78, 5) is 10.3. The van der Waals surface area contributed by atoms with Gasteiger partial charge in [0.2, 0.25) is 5.89 Å². The summed E-state index contributed by atoms with van der Waals surface area (Å²) in [5, 5.41) is 5.30. The lowest BCUT2D eigenvalue weighted by atomic mass is 9.98. The first-order valence-electron chi connectivity index (χ1n) is 9.49. The minimum atomic E-state index is 0.117. The molecule has 0 spiro atoms. The van der Waals surface area contributed by atoms with E-state index in [1.807, 2.05) is 6.07 Å². The fourth-order valence-electron chi connectivity index (χ4n) is 3.58. The van der Waals surface area contributed by atoms with Crippen LogP contribution in [-0.2, 0) is 0 Å². The van der Waals surface area contributed by atoms with Crippen LogP contribution in [0.1, 0.15) is 56.4 Å². The quantitative estimate of drug-likeness (QED) is 0.718. The van der Waals surface area contributed by atoms with Crippen LogP contribution in [0.5, 0.6) is 5.75 Å². The van der Waals surface area contributed by atoms with Crippen LogP contribution in [0.25, 0.3) is 16.5 Å². The van der Waals surface area contributed by atoms with Crippen LogP contribution in [0, 0.1) is 0 Å². The number of H-pyrrole nitrogens is 1. The molecule has 2 aromatic heterocycles. The Bertz CT molecular complexity index is 970. The van der Waals surface area contributed by atoms with Crippen LogP contribution < -0.4 is 4.74 Å². The maximum absolute atomic E-state index is 5.48. The SMILES string of the molecule is COc1ccc2[nH]cc(C3=CCN([C@@H](C)c4nc(C(C)C)no4)CC3)c2c1. The number of fused-ring (bicyclic) bond motifs is 1. The van der Waals surface area contributed by atoms with Crippen LogP contribution in [-0.4, -0.2) is 40.2 Å². The lowest BCUT2D eigenvalue weighted by molar-refractivity contribution is 0.189. The van der Waals surface area contributed by atoms with Gasteiger partial charge in [0.1, 0.15) is 5.75 Å². The van der Waals surface area contributed by atoms with Gasteiger partial charge in [0.25, 0.3) is 0 Å². The molecule has 0 fully saturated rings. The number of hydrogen-bond donors (Lipinski definition) is 1. The highest BCUT2D eigenvalue weighted by Gasteiger charge is 2.25. The Morgan fingerprint density at radius 3 is 2.78 bits per heavy atom. The van der Waals surface area contributed by atoms with Gasteiger partial charge in [0, 0.05) is 41.7 Å². The number of aromatic nitrogens is 3. The average molecular weight is 366 g/mol. The van der Waals surface area contributed by atoms with E-state index in [-0.39, 0.29) is 12.0 Å². The lowest BCUT2D eigenvalue weighted by Crippen LogP contribution is -2.31. The molecule has 27 heavy (non-hydrogen) atoms. The van der Waals surface area contributed by atoms with Gasteiger partial charge < -0.3 is 14.2 Å². The zero-order valence-electron chi connectivity index (χ0n) is 16.3. The molecule has 1 aromatic carbocycles. The number of aromatic amines is 1. The zero-order chi connectivity index (χ0) is 19.0. The van der Waals surface area contributed by atoms with E-state index in [0.717, 1.165) is 36.6 Å². The molecule has 1 aliphatic heterocycles. The van der Waals surface area contributed by atoms with Crippen molar-refractivity contribution in [1.82, 2.24) is 20.0 Å². The summed E-state index contributed by atoms with van der Waals surface area (Å²) >= 11 is 0.